The van der Waals surface area contributed by atoms with Gasteiger partial charge < -0.3 is 9.57 Å². The molecule has 0 amide bonds. The van der Waals surface area contributed by atoms with Crippen LogP contribution in [-0.2, 0) is 29.8 Å². The lowest BCUT2D eigenvalue weighted by Crippen LogP contribution is -2.19. The van der Waals surface area contributed by atoms with Crippen molar-refractivity contribution in [1.29, 1.82) is 0 Å². The highest BCUT2D eigenvalue weighted by molar-refractivity contribution is 5.96. The predicted molar refractivity (Wildman–Crippen MR) is 167 cm³/mol. The molecule has 1 aliphatic rings. The number of Topliss-reactive ketones (excluding diaryl/α,β-unsaturated/α-hetero) is 1. The Morgan fingerprint density at radius 1 is 0.800 bits per heavy atom. The number of halogens is 9. The third-order valence-corrected chi connectivity index (χ3v) is 8.57. The molecule has 0 N–H and O–H groups in total. The summed E-state index contributed by atoms with van der Waals surface area (Å²) in [4.78, 5) is 21.8. The average molecular weight is 709 g/mol. The topological polar surface area (TPSA) is 60.8 Å². The molecule has 0 radical (unpaired) electrons. The number of hydrogen-bond donors (Lipinski definition) is 0. The number of carbonyl (C=O) groups excluding carboxylic acids is 1. The largest absolute Gasteiger partial charge is 0.481 e. The summed E-state index contributed by atoms with van der Waals surface area (Å²) in [6.45, 7) is 6.51. The maximum atomic E-state index is 14.0. The van der Waals surface area contributed by atoms with Crippen LogP contribution in [0.15, 0.2) is 65.9 Å². The van der Waals surface area contributed by atoms with E-state index in [0.717, 1.165) is 28.8 Å². The van der Waals surface area contributed by atoms with E-state index in [0.29, 0.717) is 28.8 Å². The van der Waals surface area contributed by atoms with Crippen molar-refractivity contribution in [2.75, 3.05) is 7.11 Å². The Morgan fingerprint density at radius 2 is 1.38 bits per heavy atom. The van der Waals surface area contributed by atoms with E-state index < -0.39 is 52.8 Å². The van der Waals surface area contributed by atoms with Gasteiger partial charge in [-0.15, -0.1) is 0 Å². The number of hydrogen-bond acceptors (Lipinski definition) is 5. The molecule has 4 aromatic rings. The monoisotopic (exact) mass is 708 g/mol. The van der Waals surface area contributed by atoms with Crippen LogP contribution in [-0.4, -0.2) is 23.6 Å². The number of oxime groups is 1. The van der Waals surface area contributed by atoms with E-state index in [2.05, 4.69) is 10.1 Å². The molecule has 14 heteroatoms. The number of nitrogens with zero attached hydrogens (tertiary/aromatic N) is 2. The number of pyridine rings is 1. The highest BCUT2D eigenvalue weighted by Crippen LogP contribution is 2.43. The van der Waals surface area contributed by atoms with Crippen LogP contribution in [0.2, 0.25) is 0 Å². The number of rotatable bonds is 7. The molecule has 1 aromatic heterocycles. The normalized spacial score (nSPS) is 16.6. The molecular weight excluding hydrogens is 679 g/mol. The zero-order valence-electron chi connectivity index (χ0n) is 27.2. The molecule has 50 heavy (non-hydrogen) atoms. The Kier molecular flexibility index (Phi) is 9.54. The summed E-state index contributed by atoms with van der Waals surface area (Å²) in [7, 11) is 1.33. The predicted octanol–water partition coefficient (Wildman–Crippen LogP) is 10.6. The van der Waals surface area contributed by atoms with Crippen molar-refractivity contribution in [1.82, 2.24) is 4.98 Å². The third kappa shape index (κ3) is 7.34. The highest BCUT2D eigenvalue weighted by atomic mass is 19.4. The van der Waals surface area contributed by atoms with Gasteiger partial charge in [0.25, 0.3) is 0 Å². The van der Waals surface area contributed by atoms with Gasteiger partial charge in [-0.3, -0.25) is 4.79 Å². The Morgan fingerprint density at radius 3 is 1.90 bits per heavy atom. The summed E-state index contributed by atoms with van der Waals surface area (Å²) in [6.07, 6.45) is -15.1. The van der Waals surface area contributed by atoms with Crippen molar-refractivity contribution in [3.63, 3.8) is 0 Å². The smallest absolute Gasteiger partial charge is 0.416 e. The van der Waals surface area contributed by atoms with Crippen molar-refractivity contribution in [2.24, 2.45) is 11.1 Å². The zero-order chi connectivity index (χ0) is 36.9. The fourth-order valence-electron chi connectivity index (χ4n) is 6.10. The van der Waals surface area contributed by atoms with E-state index in [-0.39, 0.29) is 41.0 Å². The number of aromatic nitrogens is 1. The van der Waals surface area contributed by atoms with Crippen molar-refractivity contribution >= 4 is 11.5 Å². The van der Waals surface area contributed by atoms with Gasteiger partial charge in [0.15, 0.2) is 11.9 Å². The quantitative estimate of drug-likeness (QED) is 0.142. The molecule has 0 saturated heterocycles. The number of methoxy groups -OCH3 is 1. The average Bonchev–Trinajstić information content (AvgIpc) is 3.38. The number of ketones is 1. The van der Waals surface area contributed by atoms with Gasteiger partial charge in [-0.1, -0.05) is 18.1 Å². The number of benzene rings is 3. The SMILES string of the molecule is COc1ncc(-c2c(C)cc(C(C)=O)cc2C)cc1-c1ccc(C(F)(F)F)cc1CC1=NO[C@H](c2cc(C(F)(F)F)cc(C(F)(F)F)c2)[C@@H]1C. The Labute approximate surface area is 280 Å². The minimum absolute atomic E-state index is 0.00396. The number of carbonyl (C=O) groups is 1. The van der Waals surface area contributed by atoms with Gasteiger partial charge in [0, 0.05) is 35.2 Å². The van der Waals surface area contributed by atoms with Gasteiger partial charge in [0.05, 0.1) is 29.5 Å². The van der Waals surface area contributed by atoms with Crippen LogP contribution >= 0.6 is 0 Å². The van der Waals surface area contributed by atoms with Gasteiger partial charge in [-0.05, 0) is 103 Å². The highest BCUT2D eigenvalue weighted by Gasteiger charge is 2.40. The molecule has 264 valence electrons. The first-order chi connectivity index (χ1) is 23.2. The minimum Gasteiger partial charge on any atom is -0.481 e. The van der Waals surface area contributed by atoms with Crippen LogP contribution in [0, 0.1) is 19.8 Å². The summed E-state index contributed by atoms with van der Waals surface area (Å²) in [5, 5.41) is 3.93. The van der Waals surface area contributed by atoms with Gasteiger partial charge in [-0.25, -0.2) is 4.98 Å². The maximum Gasteiger partial charge on any atom is 0.416 e. The lowest BCUT2D eigenvalue weighted by molar-refractivity contribution is -0.143. The van der Waals surface area contributed by atoms with Gasteiger partial charge in [-0.2, -0.15) is 39.5 Å². The summed E-state index contributed by atoms with van der Waals surface area (Å²) in [6, 6.07) is 9.21. The Bertz CT molecular complexity index is 1940. The van der Waals surface area contributed by atoms with E-state index in [1.165, 1.54) is 33.2 Å². The lowest BCUT2D eigenvalue weighted by Gasteiger charge is -2.20. The molecule has 0 bridgehead atoms. The number of ether oxygens (including phenoxy) is 1. The Balaban J connectivity index is 1.59. The van der Waals surface area contributed by atoms with Crippen molar-refractivity contribution in [3.05, 3.63) is 105 Å². The first-order valence-corrected chi connectivity index (χ1v) is 15.1. The molecule has 0 unspecified atom stereocenters. The third-order valence-electron chi connectivity index (χ3n) is 8.57. The Hall–Kier alpha value is -4.88. The first-order valence-electron chi connectivity index (χ1n) is 15.1. The molecular formula is C36H29F9N2O3. The summed E-state index contributed by atoms with van der Waals surface area (Å²) < 4.78 is 129. The fraction of sp³-hybridized carbons (Fsp3) is 0.306. The standard InChI is InChI=1S/C36H29F9N2O3/c1-17-8-21(20(4)48)9-18(2)31(17)24-13-29(33(49-5)46-16-24)28-7-6-25(34(37,38)39)10-22(28)14-30-19(3)32(50-47-30)23-11-26(35(40,41)42)15-27(12-23)36(43,44)45/h6-13,15-16,19,32H,14H2,1-5H3/t19-,32+/m1/s1. The molecule has 0 aliphatic carbocycles. The molecule has 3 aromatic carbocycles. The van der Waals surface area contributed by atoms with Crippen molar-refractivity contribution in [2.45, 2.75) is 58.7 Å². The van der Waals surface area contributed by atoms with Gasteiger partial charge in [0.2, 0.25) is 5.88 Å². The van der Waals surface area contributed by atoms with Gasteiger partial charge in [0.1, 0.15) is 0 Å². The fourth-order valence-corrected chi connectivity index (χ4v) is 6.10. The molecule has 2 atom stereocenters. The summed E-state index contributed by atoms with van der Waals surface area (Å²) in [5.74, 6) is -0.988. The lowest BCUT2D eigenvalue weighted by atomic mass is 9.86. The molecule has 2 heterocycles. The second-order valence-corrected chi connectivity index (χ2v) is 12.1. The van der Waals surface area contributed by atoms with Crippen molar-refractivity contribution < 1.29 is 53.9 Å². The van der Waals surface area contributed by atoms with Crippen LogP contribution in [0.5, 0.6) is 5.88 Å². The van der Waals surface area contributed by atoms with Crippen LogP contribution in [0.3, 0.4) is 0 Å². The van der Waals surface area contributed by atoms with Crippen LogP contribution in [0.1, 0.15) is 69.3 Å². The summed E-state index contributed by atoms with van der Waals surface area (Å²) in [5.41, 5.74) is -0.448. The number of alkyl halides is 9. The van der Waals surface area contributed by atoms with E-state index in [1.807, 2.05) is 0 Å². The molecule has 5 nitrogen and oxygen atoms in total. The number of aryl methyl sites for hydroxylation is 2. The van der Waals surface area contributed by atoms with Crippen LogP contribution in [0.25, 0.3) is 22.3 Å². The molecule has 5 rings (SSSR count). The van der Waals surface area contributed by atoms with E-state index >= 15 is 0 Å². The van der Waals surface area contributed by atoms with Crippen LogP contribution in [0.4, 0.5) is 39.5 Å². The molecule has 0 saturated carbocycles. The van der Waals surface area contributed by atoms with E-state index in [9.17, 15) is 44.3 Å². The van der Waals surface area contributed by atoms with Crippen LogP contribution < -0.4 is 4.74 Å². The second-order valence-electron chi connectivity index (χ2n) is 12.1. The van der Waals surface area contributed by atoms with Gasteiger partial charge >= 0.3 is 18.5 Å². The zero-order valence-corrected chi connectivity index (χ0v) is 27.2. The van der Waals surface area contributed by atoms with Crippen molar-refractivity contribution in [3.8, 4) is 28.1 Å². The second kappa shape index (κ2) is 13.1. The maximum absolute atomic E-state index is 14.0. The van der Waals surface area contributed by atoms with E-state index in [4.69, 9.17) is 9.57 Å². The molecule has 0 fully saturated rings. The molecule has 1 aliphatic heterocycles. The summed E-state index contributed by atoms with van der Waals surface area (Å²) >= 11 is 0. The van der Waals surface area contributed by atoms with E-state index in [1.54, 1.807) is 32.0 Å². The first kappa shape index (κ1) is 36.4. The molecule has 0 spiro atoms. The minimum atomic E-state index is -5.09.